The van der Waals surface area contributed by atoms with Crippen molar-refractivity contribution in [3.8, 4) is 103 Å². The average Bonchev–Trinajstić information content (AvgIpc) is 3.29. The second-order valence-electron chi connectivity index (χ2n) is 14.4. The summed E-state index contributed by atoms with van der Waals surface area (Å²) in [6.07, 6.45) is -11.8. The van der Waals surface area contributed by atoms with Crippen molar-refractivity contribution in [3.63, 3.8) is 0 Å². The molecule has 2 heterocycles. The van der Waals surface area contributed by atoms with Gasteiger partial charge in [0.2, 0.25) is 23.0 Å². The van der Waals surface area contributed by atoms with E-state index in [0.29, 0.717) is 42.5 Å². The Morgan fingerprint density at radius 2 is 0.985 bits per heavy atom. The van der Waals surface area contributed by atoms with E-state index < -0.39 is 198 Å². The van der Waals surface area contributed by atoms with Gasteiger partial charge in [-0.25, -0.2) is 24.0 Å². The molecule has 0 radical (unpaired) electrons. The summed E-state index contributed by atoms with van der Waals surface area (Å²) >= 11 is 0. The molecule has 27 nitrogen and oxygen atoms in total. The number of esters is 4. The van der Waals surface area contributed by atoms with Crippen LogP contribution in [0.2, 0.25) is 0 Å². The SMILES string of the molecule is O=C(O[C@@H]1[C@@H](OC(=O)c2cc(O)c(O)c(O)c2)[C@@H](O)O[C@@H]2COC(=O)c3cc(Oc4c(C(=O)O)cc(O)c(O)c4O)c(O)c(O)c3-c3c(cc(O)c(O)c3O)C(=O)O[C@@H]12)c1cc(O)c(O)c(O)c1. The lowest BCUT2D eigenvalue weighted by Gasteiger charge is -2.42. The summed E-state index contributed by atoms with van der Waals surface area (Å²) < 4.78 is 32.6. The monoisotopic (exact) mass is 954 g/mol. The number of hydrogen-bond donors (Lipinski definition) is 16. The van der Waals surface area contributed by atoms with Gasteiger partial charge in [-0.1, -0.05) is 0 Å². The molecule has 0 amide bonds. The molecule has 0 aromatic heterocycles. The van der Waals surface area contributed by atoms with Crippen LogP contribution in [0.25, 0.3) is 11.1 Å². The number of phenolic OH excluding ortho intramolecular Hbond substituents is 14. The van der Waals surface area contributed by atoms with Crippen molar-refractivity contribution >= 4 is 29.8 Å². The number of rotatable bonds is 7. The van der Waals surface area contributed by atoms with Crippen molar-refractivity contribution in [1.82, 2.24) is 0 Å². The number of aromatic carboxylic acids is 1. The molecule has 27 heteroatoms. The number of benzene rings is 5. The van der Waals surface area contributed by atoms with Gasteiger partial charge in [0, 0.05) is 23.3 Å². The second kappa shape index (κ2) is 17.1. The molecule has 5 aromatic carbocycles. The number of carboxylic acids is 1. The van der Waals surface area contributed by atoms with Gasteiger partial charge in [-0.2, -0.15) is 0 Å². The normalized spacial score (nSPS) is 18.9. The van der Waals surface area contributed by atoms with Crippen LogP contribution in [-0.4, -0.2) is 149 Å². The molecule has 1 saturated heterocycles. The van der Waals surface area contributed by atoms with Gasteiger partial charge in [-0.3, -0.25) is 0 Å². The summed E-state index contributed by atoms with van der Waals surface area (Å²) in [5, 5.41) is 166. The maximum atomic E-state index is 14.4. The van der Waals surface area contributed by atoms with Gasteiger partial charge < -0.3 is 110 Å². The minimum atomic E-state index is -2.54. The Labute approximate surface area is 374 Å². The van der Waals surface area contributed by atoms with Crippen LogP contribution >= 0.6 is 0 Å². The number of carbonyl (C=O) groups excluding carboxylic acids is 4. The molecule has 7 rings (SSSR count). The van der Waals surface area contributed by atoms with Crippen LogP contribution < -0.4 is 4.74 Å². The molecule has 0 saturated carbocycles. The Balaban J connectivity index is 1.39. The summed E-state index contributed by atoms with van der Waals surface area (Å²) in [6, 6.07) is 3.45. The lowest BCUT2D eigenvalue weighted by molar-refractivity contribution is -0.284. The van der Waals surface area contributed by atoms with E-state index in [9.17, 15) is 106 Å². The van der Waals surface area contributed by atoms with Crippen molar-refractivity contribution in [3.05, 3.63) is 70.3 Å². The Kier molecular flexibility index (Phi) is 11.6. The van der Waals surface area contributed by atoms with E-state index in [-0.39, 0.29) is 0 Å². The molecule has 0 aliphatic carbocycles. The van der Waals surface area contributed by atoms with Crippen molar-refractivity contribution in [1.29, 1.82) is 0 Å². The van der Waals surface area contributed by atoms with Crippen molar-refractivity contribution in [2.24, 2.45) is 0 Å². The van der Waals surface area contributed by atoms with Gasteiger partial charge in [0.05, 0.1) is 22.3 Å². The van der Waals surface area contributed by atoms with E-state index in [1.807, 2.05) is 0 Å². The summed E-state index contributed by atoms with van der Waals surface area (Å²) in [5.41, 5.74) is -7.20. The third-order valence-electron chi connectivity index (χ3n) is 10.2. The molecule has 2 aliphatic rings. The molecule has 5 atom stereocenters. The first-order valence-electron chi connectivity index (χ1n) is 18.6. The number of aliphatic hydroxyl groups excluding tert-OH is 1. The minimum Gasteiger partial charge on any atom is -0.504 e. The molecular weight excluding hydrogens is 924 g/mol. The highest BCUT2D eigenvalue weighted by atomic mass is 16.7. The largest absolute Gasteiger partial charge is 0.504 e. The lowest BCUT2D eigenvalue weighted by atomic mass is 9.91. The predicted molar refractivity (Wildman–Crippen MR) is 210 cm³/mol. The number of phenols is 14. The lowest BCUT2D eigenvalue weighted by Crippen LogP contribution is -2.62. The smallest absolute Gasteiger partial charge is 0.339 e. The maximum Gasteiger partial charge on any atom is 0.339 e. The van der Waals surface area contributed by atoms with Crippen LogP contribution in [0.5, 0.6) is 92.0 Å². The first kappa shape index (κ1) is 46.4. The molecule has 16 N–H and O–H groups in total. The quantitative estimate of drug-likeness (QED) is 0.0625. The van der Waals surface area contributed by atoms with E-state index in [0.717, 1.165) is 0 Å². The van der Waals surface area contributed by atoms with Gasteiger partial charge >= 0.3 is 29.8 Å². The zero-order valence-corrected chi connectivity index (χ0v) is 33.3. The highest BCUT2D eigenvalue weighted by Crippen LogP contribution is 2.55. The molecule has 0 spiro atoms. The molecule has 1 fully saturated rings. The standard InChI is InChI=1S/C41H30O27/c42-14-1-9(2-15(43)24(14)48)37(58)67-34-33-21(65-41(62)35(34)68-38(59)10-3-16(44)25(49)17(45)4-10)8-63-39(60)12-7-20(64-32-13(36(56)57)6-19(47)27(51)31(32)55)28(52)30(54)23(12)22-11(40(61)66-33)5-18(46)26(50)29(22)53/h1-7,21,33-35,41-55,62H,8H2,(H,56,57)/t21-,33-,34+,35-,41+/m1/s1. The van der Waals surface area contributed by atoms with E-state index in [1.165, 1.54) is 0 Å². The number of carbonyl (C=O) groups is 5. The Morgan fingerprint density at radius 1 is 0.529 bits per heavy atom. The summed E-state index contributed by atoms with van der Waals surface area (Å²) in [4.78, 5) is 67.6. The third-order valence-corrected chi connectivity index (χ3v) is 10.2. The number of aliphatic hydroxyl groups is 1. The number of aromatic hydroxyl groups is 14. The number of hydrogen-bond acceptors (Lipinski definition) is 26. The molecule has 356 valence electrons. The number of cyclic esters (lactones) is 1. The van der Waals surface area contributed by atoms with Crippen molar-refractivity contribution < 1.29 is 134 Å². The first-order valence-corrected chi connectivity index (χ1v) is 18.6. The summed E-state index contributed by atoms with van der Waals surface area (Å²) in [6.45, 7) is -1.26. The second-order valence-corrected chi connectivity index (χ2v) is 14.4. The fourth-order valence-corrected chi connectivity index (χ4v) is 6.87. The fraction of sp³-hybridized carbons (Fsp3) is 0.146. The van der Waals surface area contributed by atoms with Gasteiger partial charge in [0.25, 0.3) is 0 Å². The fourth-order valence-electron chi connectivity index (χ4n) is 6.87. The zero-order chi connectivity index (χ0) is 50.0. The number of carboxylic acid groups (broad SMARTS) is 1. The highest BCUT2D eigenvalue weighted by Gasteiger charge is 2.53. The molecular formula is C41H30O27. The Morgan fingerprint density at radius 3 is 1.51 bits per heavy atom. The van der Waals surface area contributed by atoms with Crippen LogP contribution in [0.15, 0.2) is 42.5 Å². The minimum absolute atomic E-state index is 0.370. The van der Waals surface area contributed by atoms with Gasteiger partial charge in [-0.05, 0) is 30.3 Å². The Hall–Kier alpha value is -9.63. The summed E-state index contributed by atoms with van der Waals surface area (Å²) in [5.74, 6) is -28.9. The van der Waals surface area contributed by atoms with E-state index in [2.05, 4.69) is 0 Å². The van der Waals surface area contributed by atoms with Crippen LogP contribution in [0.1, 0.15) is 51.8 Å². The molecule has 0 bridgehead atoms. The topological polar surface area (TPSA) is 464 Å². The van der Waals surface area contributed by atoms with Gasteiger partial charge in [0.15, 0.2) is 93.6 Å². The van der Waals surface area contributed by atoms with Gasteiger partial charge in [0.1, 0.15) is 18.3 Å². The maximum absolute atomic E-state index is 14.4. The van der Waals surface area contributed by atoms with Gasteiger partial charge in [-0.15, -0.1) is 0 Å². The first-order chi connectivity index (χ1) is 31.9. The van der Waals surface area contributed by atoms with Crippen LogP contribution in [0.4, 0.5) is 0 Å². The number of ether oxygens (including phenoxy) is 6. The van der Waals surface area contributed by atoms with E-state index >= 15 is 0 Å². The Bertz CT molecular complexity index is 2950. The molecule has 0 unspecified atom stereocenters. The third kappa shape index (κ3) is 7.96. The summed E-state index contributed by atoms with van der Waals surface area (Å²) in [7, 11) is 0. The average molecular weight is 955 g/mol. The predicted octanol–water partition coefficient (Wildman–Crippen LogP) is 1.59. The van der Waals surface area contributed by atoms with Crippen LogP contribution in [0.3, 0.4) is 0 Å². The molecule has 5 aromatic rings. The van der Waals surface area contributed by atoms with Crippen molar-refractivity contribution in [2.45, 2.75) is 30.7 Å². The van der Waals surface area contributed by atoms with E-state index in [4.69, 9.17) is 28.4 Å². The van der Waals surface area contributed by atoms with E-state index in [1.54, 1.807) is 0 Å². The highest BCUT2D eigenvalue weighted by molar-refractivity contribution is 6.08. The number of fused-ring (bicyclic) bond motifs is 4. The molecule has 2 aliphatic heterocycles. The van der Waals surface area contributed by atoms with Crippen LogP contribution in [-0.2, 0) is 23.7 Å². The van der Waals surface area contributed by atoms with Crippen molar-refractivity contribution in [2.75, 3.05) is 6.61 Å². The zero-order valence-electron chi connectivity index (χ0n) is 33.3. The molecule has 68 heavy (non-hydrogen) atoms. The van der Waals surface area contributed by atoms with Crippen LogP contribution in [0, 0.1) is 0 Å².